The first-order valence-corrected chi connectivity index (χ1v) is 7.79. The maximum Gasteiger partial charge on any atom is 0.359 e. The Morgan fingerprint density at radius 1 is 1.24 bits per heavy atom. The highest BCUT2D eigenvalue weighted by Crippen LogP contribution is 2.23. The van der Waals surface area contributed by atoms with Crippen molar-refractivity contribution in [2.24, 2.45) is 0 Å². The molecule has 3 aromatic rings. The summed E-state index contributed by atoms with van der Waals surface area (Å²) in [7, 11) is 1.60. The summed E-state index contributed by atoms with van der Waals surface area (Å²) < 4.78 is 15.9. The number of hydrogen-bond acceptors (Lipinski definition) is 6. The number of methoxy groups -OCH3 is 1. The first kappa shape index (κ1) is 16.8. The molecule has 0 aliphatic carbocycles. The number of carbonyl (C=O) groups excluding carboxylic acids is 1. The summed E-state index contributed by atoms with van der Waals surface area (Å²) in [5, 5.41) is 0. The molecule has 130 valence electrons. The molecule has 0 saturated carbocycles. The van der Waals surface area contributed by atoms with Crippen LogP contribution in [0.2, 0.25) is 0 Å². The Balaban J connectivity index is 1.76. The van der Waals surface area contributed by atoms with Gasteiger partial charge in [0.05, 0.1) is 12.8 Å². The van der Waals surface area contributed by atoms with Gasteiger partial charge in [0.25, 0.3) is 0 Å². The Bertz CT molecular complexity index is 891. The lowest BCUT2D eigenvalue weighted by atomic mass is 10.2. The van der Waals surface area contributed by atoms with Crippen LogP contribution in [0.25, 0.3) is 11.4 Å². The molecule has 0 fully saturated rings. The molecule has 2 aromatic heterocycles. The van der Waals surface area contributed by atoms with Crippen LogP contribution in [0.3, 0.4) is 0 Å². The van der Waals surface area contributed by atoms with Crippen molar-refractivity contribution in [2.45, 2.75) is 27.4 Å². The lowest BCUT2D eigenvalue weighted by molar-refractivity contribution is 0.0430. The fourth-order valence-corrected chi connectivity index (χ4v) is 2.36. The molecule has 7 heteroatoms. The van der Waals surface area contributed by atoms with Crippen LogP contribution < -0.4 is 4.74 Å². The van der Waals surface area contributed by atoms with Crippen molar-refractivity contribution in [2.75, 3.05) is 7.11 Å². The molecule has 0 aliphatic heterocycles. The van der Waals surface area contributed by atoms with E-state index >= 15 is 0 Å². The van der Waals surface area contributed by atoms with E-state index in [1.54, 1.807) is 14.0 Å². The Labute approximate surface area is 145 Å². The number of nitrogens with zero attached hydrogens (tertiary/aromatic N) is 2. The zero-order valence-corrected chi connectivity index (χ0v) is 14.5. The van der Waals surface area contributed by atoms with Crippen molar-refractivity contribution in [3.8, 4) is 17.1 Å². The number of aromatic nitrogens is 3. The number of aromatic amines is 1. The molecule has 7 nitrogen and oxygen atoms in total. The highest BCUT2D eigenvalue weighted by Gasteiger charge is 2.18. The Morgan fingerprint density at radius 3 is 2.72 bits per heavy atom. The van der Waals surface area contributed by atoms with E-state index in [1.165, 1.54) is 0 Å². The van der Waals surface area contributed by atoms with E-state index < -0.39 is 5.97 Å². The molecule has 0 spiro atoms. The molecular weight excluding hydrogens is 322 g/mol. The van der Waals surface area contributed by atoms with E-state index in [0.29, 0.717) is 28.9 Å². The minimum atomic E-state index is -0.531. The van der Waals surface area contributed by atoms with Crippen LogP contribution in [-0.2, 0) is 11.3 Å². The third-order valence-corrected chi connectivity index (χ3v) is 3.82. The van der Waals surface area contributed by atoms with E-state index in [-0.39, 0.29) is 12.3 Å². The number of aryl methyl sites for hydroxylation is 3. The number of ether oxygens (including phenoxy) is 2. The predicted molar refractivity (Wildman–Crippen MR) is 90.4 cm³/mol. The van der Waals surface area contributed by atoms with Crippen LogP contribution >= 0.6 is 0 Å². The molecule has 0 unspecified atom stereocenters. The number of carbonyl (C=O) groups is 1. The van der Waals surface area contributed by atoms with Gasteiger partial charge in [-0.2, -0.15) is 0 Å². The minimum absolute atomic E-state index is 0.0334. The van der Waals surface area contributed by atoms with Crippen molar-refractivity contribution < 1.29 is 18.7 Å². The summed E-state index contributed by atoms with van der Waals surface area (Å²) in [6.45, 7) is 5.38. The third-order valence-electron chi connectivity index (χ3n) is 3.82. The number of rotatable bonds is 5. The Hall–Kier alpha value is -3.09. The van der Waals surface area contributed by atoms with Crippen LogP contribution in [0, 0.1) is 20.8 Å². The molecule has 0 radical (unpaired) electrons. The average Bonchev–Trinajstić information content (AvgIpc) is 3.15. The number of hydrogen-bond donors (Lipinski definition) is 1. The Kier molecular flexibility index (Phi) is 4.56. The number of nitrogens with one attached hydrogen (secondary N) is 1. The van der Waals surface area contributed by atoms with E-state index in [9.17, 15) is 4.79 Å². The van der Waals surface area contributed by atoms with Crippen molar-refractivity contribution in [3.63, 3.8) is 0 Å². The zero-order chi connectivity index (χ0) is 18.0. The van der Waals surface area contributed by atoms with Crippen LogP contribution in [0.4, 0.5) is 0 Å². The van der Waals surface area contributed by atoms with Crippen molar-refractivity contribution in [1.29, 1.82) is 0 Å². The summed E-state index contributed by atoms with van der Waals surface area (Å²) in [5.41, 5.74) is 2.46. The monoisotopic (exact) mass is 341 g/mol. The molecule has 2 heterocycles. The van der Waals surface area contributed by atoms with Gasteiger partial charge in [0, 0.05) is 11.3 Å². The van der Waals surface area contributed by atoms with Gasteiger partial charge in [0.2, 0.25) is 5.89 Å². The quantitative estimate of drug-likeness (QED) is 0.716. The van der Waals surface area contributed by atoms with E-state index in [0.717, 1.165) is 11.3 Å². The van der Waals surface area contributed by atoms with Crippen LogP contribution in [0.1, 0.15) is 33.5 Å². The molecule has 0 bridgehead atoms. The van der Waals surface area contributed by atoms with Crippen LogP contribution in [0.15, 0.2) is 28.7 Å². The van der Waals surface area contributed by atoms with Crippen LogP contribution in [-0.4, -0.2) is 28.0 Å². The topological polar surface area (TPSA) is 90.2 Å². The van der Waals surface area contributed by atoms with E-state index in [4.69, 9.17) is 13.9 Å². The number of oxazole rings is 1. The first-order chi connectivity index (χ1) is 12.0. The summed E-state index contributed by atoms with van der Waals surface area (Å²) in [6, 6.07) is 7.42. The van der Waals surface area contributed by atoms with E-state index in [1.807, 2.05) is 38.1 Å². The van der Waals surface area contributed by atoms with Crippen molar-refractivity contribution in [3.05, 3.63) is 53.0 Å². The molecule has 25 heavy (non-hydrogen) atoms. The second-order valence-corrected chi connectivity index (χ2v) is 5.62. The fraction of sp³-hybridized carbons (Fsp3) is 0.278. The van der Waals surface area contributed by atoms with Crippen molar-refractivity contribution in [1.82, 2.24) is 15.0 Å². The second kappa shape index (κ2) is 6.80. The molecule has 3 rings (SSSR count). The Morgan fingerprint density at radius 2 is 2.04 bits per heavy atom. The first-order valence-electron chi connectivity index (χ1n) is 7.79. The van der Waals surface area contributed by atoms with Gasteiger partial charge >= 0.3 is 5.97 Å². The summed E-state index contributed by atoms with van der Waals surface area (Å²) >= 11 is 0. The van der Waals surface area contributed by atoms with Gasteiger partial charge in [-0.25, -0.2) is 14.8 Å². The van der Waals surface area contributed by atoms with Gasteiger partial charge in [-0.05, 0) is 32.9 Å². The SMILES string of the molecule is COc1cccc(-c2nc(C(=O)OCc3nc(C)c(C)o3)c(C)[nH]2)c1. The third kappa shape index (κ3) is 3.55. The molecule has 1 N–H and O–H groups in total. The van der Waals surface area contributed by atoms with Gasteiger partial charge < -0.3 is 18.9 Å². The van der Waals surface area contributed by atoms with Gasteiger partial charge in [0.1, 0.15) is 17.3 Å². The van der Waals surface area contributed by atoms with Gasteiger partial charge in [-0.1, -0.05) is 12.1 Å². The molecule has 0 amide bonds. The molecule has 1 aromatic carbocycles. The highest BCUT2D eigenvalue weighted by molar-refractivity contribution is 5.89. The van der Waals surface area contributed by atoms with E-state index in [2.05, 4.69) is 15.0 Å². The predicted octanol–water partition coefficient (Wildman–Crippen LogP) is 3.36. The maximum absolute atomic E-state index is 12.3. The number of esters is 1. The maximum atomic E-state index is 12.3. The summed E-state index contributed by atoms with van der Waals surface area (Å²) in [6.07, 6.45) is 0. The minimum Gasteiger partial charge on any atom is -0.497 e. The zero-order valence-electron chi connectivity index (χ0n) is 14.5. The van der Waals surface area contributed by atoms with Gasteiger partial charge in [-0.3, -0.25) is 0 Å². The highest BCUT2D eigenvalue weighted by atomic mass is 16.5. The fourth-order valence-electron chi connectivity index (χ4n) is 2.36. The summed E-state index contributed by atoms with van der Waals surface area (Å²) in [5.74, 6) is 1.83. The number of H-pyrrole nitrogens is 1. The number of benzene rings is 1. The lowest BCUT2D eigenvalue weighted by Crippen LogP contribution is -2.07. The largest absolute Gasteiger partial charge is 0.497 e. The second-order valence-electron chi connectivity index (χ2n) is 5.62. The summed E-state index contributed by atoms with van der Waals surface area (Å²) in [4.78, 5) is 23.9. The molecule has 0 aliphatic rings. The van der Waals surface area contributed by atoms with Gasteiger partial charge in [0.15, 0.2) is 12.3 Å². The average molecular weight is 341 g/mol. The normalized spacial score (nSPS) is 10.7. The number of imidazole rings is 1. The molecule has 0 atom stereocenters. The standard InChI is InChI=1S/C18H19N3O4/c1-10-12(3)25-15(19-10)9-24-18(22)16-11(2)20-17(21-16)13-6-5-7-14(8-13)23-4/h5-8H,9H2,1-4H3,(H,20,21). The van der Waals surface area contributed by atoms with Gasteiger partial charge in [-0.15, -0.1) is 0 Å². The lowest BCUT2D eigenvalue weighted by Gasteiger charge is -2.01. The van der Waals surface area contributed by atoms with Crippen LogP contribution in [0.5, 0.6) is 5.75 Å². The molecule has 0 saturated heterocycles. The smallest absolute Gasteiger partial charge is 0.359 e. The van der Waals surface area contributed by atoms with Crippen molar-refractivity contribution >= 4 is 5.97 Å². The molecular formula is C18H19N3O4.